The van der Waals surface area contributed by atoms with E-state index in [1.165, 1.54) is 18.5 Å². The molecule has 122 valence electrons. The lowest BCUT2D eigenvalue weighted by molar-refractivity contribution is -0.0750. The van der Waals surface area contributed by atoms with Crippen LogP contribution in [0.5, 0.6) is 0 Å². The van der Waals surface area contributed by atoms with Gasteiger partial charge in [-0.15, -0.1) is 0 Å². The maximum absolute atomic E-state index is 12.3. The van der Waals surface area contributed by atoms with Crippen molar-refractivity contribution < 1.29 is 4.79 Å². The molecular weight excluding hydrogens is 389 g/mol. The molecule has 1 saturated carbocycles. The van der Waals surface area contributed by atoms with E-state index in [-0.39, 0.29) is 6.03 Å². The standard InChI is InChI=1S/C17H26IN3O/c1-13-7-17(8-13)11-21(12-17)16(22)20-9-15(10-20)6-4-5-14(2)19(3)18/h4-6,13,15H,7-12H2,1-3H3/b6-4+,14-5+. The normalized spacial score (nSPS) is 25.2. The monoisotopic (exact) mass is 415 g/mol. The number of allylic oxidation sites excluding steroid dienone is 3. The number of hydrogen-bond donors (Lipinski definition) is 0. The fraction of sp³-hybridized carbons (Fsp3) is 0.706. The van der Waals surface area contributed by atoms with E-state index < -0.39 is 0 Å². The van der Waals surface area contributed by atoms with Crippen LogP contribution in [0.3, 0.4) is 0 Å². The highest BCUT2D eigenvalue weighted by Crippen LogP contribution is 2.51. The van der Waals surface area contributed by atoms with Crippen molar-refractivity contribution in [3.8, 4) is 0 Å². The van der Waals surface area contributed by atoms with Gasteiger partial charge in [-0.2, -0.15) is 0 Å². The number of rotatable bonds is 3. The van der Waals surface area contributed by atoms with Gasteiger partial charge in [0.05, 0.1) is 22.9 Å². The Balaban J connectivity index is 1.38. The van der Waals surface area contributed by atoms with Crippen LogP contribution < -0.4 is 0 Å². The van der Waals surface area contributed by atoms with Gasteiger partial charge in [-0.05, 0) is 31.8 Å². The van der Waals surface area contributed by atoms with Gasteiger partial charge in [0.25, 0.3) is 0 Å². The van der Waals surface area contributed by atoms with Crippen molar-refractivity contribution in [1.29, 1.82) is 0 Å². The fourth-order valence-electron chi connectivity index (χ4n) is 4.02. The number of urea groups is 1. The van der Waals surface area contributed by atoms with Crippen LogP contribution >= 0.6 is 22.9 Å². The smallest absolute Gasteiger partial charge is 0.320 e. The van der Waals surface area contributed by atoms with E-state index in [1.54, 1.807) is 0 Å². The average molecular weight is 415 g/mol. The lowest BCUT2D eigenvalue weighted by atomic mass is 9.58. The summed E-state index contributed by atoms with van der Waals surface area (Å²) < 4.78 is 2.07. The van der Waals surface area contributed by atoms with Crippen LogP contribution in [0.15, 0.2) is 23.9 Å². The highest BCUT2D eigenvalue weighted by Gasteiger charge is 2.53. The van der Waals surface area contributed by atoms with Gasteiger partial charge in [-0.25, -0.2) is 4.79 Å². The minimum absolute atomic E-state index is 0.258. The molecule has 0 aromatic rings. The predicted molar refractivity (Wildman–Crippen MR) is 97.5 cm³/mol. The summed E-state index contributed by atoms with van der Waals surface area (Å²) in [6, 6.07) is 0.258. The van der Waals surface area contributed by atoms with E-state index in [4.69, 9.17) is 0 Å². The summed E-state index contributed by atoms with van der Waals surface area (Å²) in [5, 5.41) is 0. The van der Waals surface area contributed by atoms with E-state index in [9.17, 15) is 4.79 Å². The number of carbonyl (C=O) groups is 1. The van der Waals surface area contributed by atoms with Gasteiger partial charge >= 0.3 is 6.03 Å². The molecule has 22 heavy (non-hydrogen) atoms. The molecule has 2 aliphatic heterocycles. The van der Waals surface area contributed by atoms with E-state index in [2.05, 4.69) is 58.1 Å². The van der Waals surface area contributed by atoms with Crippen LogP contribution in [0.4, 0.5) is 4.79 Å². The molecule has 5 heteroatoms. The second kappa shape index (κ2) is 6.06. The molecule has 2 heterocycles. The summed E-state index contributed by atoms with van der Waals surface area (Å²) in [5.41, 5.74) is 1.73. The second-order valence-corrected chi connectivity index (χ2v) is 8.93. The first-order valence-corrected chi connectivity index (χ1v) is 9.13. The highest BCUT2D eigenvalue weighted by atomic mass is 127. The molecule has 3 rings (SSSR count). The highest BCUT2D eigenvalue weighted by molar-refractivity contribution is 14.1. The van der Waals surface area contributed by atoms with Crippen molar-refractivity contribution in [2.45, 2.75) is 26.7 Å². The Morgan fingerprint density at radius 3 is 2.45 bits per heavy atom. The molecule has 0 atom stereocenters. The van der Waals surface area contributed by atoms with Crippen molar-refractivity contribution in [3.05, 3.63) is 23.9 Å². The van der Waals surface area contributed by atoms with Crippen molar-refractivity contribution >= 4 is 28.9 Å². The third kappa shape index (κ3) is 3.14. The van der Waals surface area contributed by atoms with Crippen LogP contribution in [-0.4, -0.2) is 52.2 Å². The SMILES string of the molecule is C/C(=C\C=C\C1CN(C(=O)N2CC3(CC(C)C3)C2)C1)N(C)I. The molecule has 2 amide bonds. The molecule has 0 unspecified atom stereocenters. The maximum Gasteiger partial charge on any atom is 0.320 e. The van der Waals surface area contributed by atoms with Gasteiger partial charge in [-0.1, -0.05) is 19.1 Å². The Hall–Kier alpha value is -0.720. The number of nitrogens with zero attached hydrogens (tertiary/aromatic N) is 3. The predicted octanol–water partition coefficient (Wildman–Crippen LogP) is 3.51. The maximum atomic E-state index is 12.3. The summed E-state index contributed by atoms with van der Waals surface area (Å²) in [6.07, 6.45) is 9.09. The summed E-state index contributed by atoms with van der Waals surface area (Å²) in [6.45, 7) is 8.15. The zero-order valence-electron chi connectivity index (χ0n) is 13.8. The van der Waals surface area contributed by atoms with Gasteiger partial charge in [0.2, 0.25) is 0 Å². The van der Waals surface area contributed by atoms with Crippen molar-refractivity contribution in [2.24, 2.45) is 17.3 Å². The molecule has 0 aromatic carbocycles. The molecular formula is C17H26IN3O. The number of carbonyl (C=O) groups excluding carboxylic acids is 1. The number of amides is 2. The Morgan fingerprint density at radius 1 is 1.27 bits per heavy atom. The Bertz CT molecular complexity index is 494. The summed E-state index contributed by atoms with van der Waals surface area (Å²) in [5.74, 6) is 1.39. The van der Waals surface area contributed by atoms with Gasteiger partial charge in [0, 0.05) is 50.3 Å². The molecule has 4 nitrogen and oxygen atoms in total. The van der Waals surface area contributed by atoms with Crippen LogP contribution in [0.25, 0.3) is 0 Å². The third-order valence-corrected chi connectivity index (χ3v) is 6.03. The second-order valence-electron chi connectivity index (χ2n) is 7.49. The molecule has 3 aliphatic rings. The van der Waals surface area contributed by atoms with Crippen LogP contribution in [-0.2, 0) is 0 Å². The molecule has 0 radical (unpaired) electrons. The van der Waals surface area contributed by atoms with E-state index >= 15 is 0 Å². The lowest BCUT2D eigenvalue weighted by Crippen LogP contribution is -2.67. The molecule has 2 saturated heterocycles. The van der Waals surface area contributed by atoms with E-state index in [0.717, 1.165) is 32.1 Å². The van der Waals surface area contributed by atoms with Crippen LogP contribution in [0, 0.1) is 17.3 Å². The quantitative estimate of drug-likeness (QED) is 0.401. The molecule has 0 bridgehead atoms. The molecule has 0 N–H and O–H groups in total. The van der Waals surface area contributed by atoms with E-state index in [1.807, 2.05) is 16.8 Å². The Kier molecular flexibility index (Phi) is 4.45. The van der Waals surface area contributed by atoms with E-state index in [0.29, 0.717) is 11.3 Å². The molecule has 1 aliphatic carbocycles. The molecule has 0 aromatic heterocycles. The minimum Gasteiger partial charge on any atom is -0.323 e. The summed E-state index contributed by atoms with van der Waals surface area (Å²) >= 11 is 2.26. The lowest BCUT2D eigenvalue weighted by Gasteiger charge is -2.59. The average Bonchev–Trinajstić information content (AvgIpc) is 2.33. The molecule has 1 spiro atoms. The van der Waals surface area contributed by atoms with Gasteiger partial charge in [0.15, 0.2) is 0 Å². The van der Waals surface area contributed by atoms with Crippen molar-refractivity contribution in [3.63, 3.8) is 0 Å². The summed E-state index contributed by atoms with van der Waals surface area (Å²) in [4.78, 5) is 16.4. The zero-order valence-corrected chi connectivity index (χ0v) is 15.9. The molecule has 3 fully saturated rings. The zero-order chi connectivity index (χ0) is 15.9. The van der Waals surface area contributed by atoms with Gasteiger partial charge in [0.1, 0.15) is 0 Å². The third-order valence-electron chi connectivity index (χ3n) is 5.27. The summed E-state index contributed by atoms with van der Waals surface area (Å²) in [7, 11) is 2.03. The van der Waals surface area contributed by atoms with Crippen LogP contribution in [0.2, 0.25) is 0 Å². The van der Waals surface area contributed by atoms with Crippen molar-refractivity contribution in [1.82, 2.24) is 12.9 Å². The largest absolute Gasteiger partial charge is 0.323 e. The minimum atomic E-state index is 0.258. The Labute approximate surface area is 147 Å². The van der Waals surface area contributed by atoms with Crippen LogP contribution in [0.1, 0.15) is 26.7 Å². The van der Waals surface area contributed by atoms with Gasteiger partial charge in [-0.3, -0.25) is 0 Å². The van der Waals surface area contributed by atoms with Crippen molar-refractivity contribution in [2.75, 3.05) is 33.2 Å². The topological polar surface area (TPSA) is 26.8 Å². The fourth-order valence-corrected chi connectivity index (χ4v) is 4.18. The first-order valence-electron chi connectivity index (χ1n) is 8.17. The van der Waals surface area contributed by atoms with Gasteiger partial charge < -0.3 is 12.9 Å². The Morgan fingerprint density at radius 2 is 1.91 bits per heavy atom. The number of halogens is 1. The number of likely N-dealkylation sites (tertiary alicyclic amines) is 2. The first-order chi connectivity index (χ1) is 10.4. The first kappa shape index (κ1) is 16.1. The number of hydrogen-bond acceptors (Lipinski definition) is 2.